The lowest BCUT2D eigenvalue weighted by Gasteiger charge is -2.27. The Labute approximate surface area is 163 Å². The van der Waals surface area contributed by atoms with Gasteiger partial charge in [-0.3, -0.25) is 0 Å². The fourth-order valence-electron chi connectivity index (χ4n) is 3.58. The smallest absolute Gasteiger partial charge is 0.177 e. The Morgan fingerprint density at radius 3 is 2.93 bits per heavy atom. The Morgan fingerprint density at radius 2 is 2.07 bits per heavy atom. The highest BCUT2D eigenvalue weighted by Gasteiger charge is 2.24. The second-order valence-corrected chi connectivity index (χ2v) is 7.22. The van der Waals surface area contributed by atoms with Gasteiger partial charge in [-0.25, -0.2) is 0 Å². The Kier molecular flexibility index (Phi) is 5.27. The summed E-state index contributed by atoms with van der Waals surface area (Å²) in [6.45, 7) is 2.30. The summed E-state index contributed by atoms with van der Waals surface area (Å²) in [7, 11) is 0. The van der Waals surface area contributed by atoms with E-state index in [1.807, 2.05) is 18.3 Å². The van der Waals surface area contributed by atoms with Gasteiger partial charge in [-0.05, 0) is 41.5 Å². The number of hydrogen-bond donors (Lipinski definition) is 3. The minimum absolute atomic E-state index is 0.127. The van der Waals surface area contributed by atoms with Crippen LogP contribution >= 0.6 is 12.2 Å². The predicted octanol–water partition coefficient (Wildman–Crippen LogP) is 3.76. The van der Waals surface area contributed by atoms with Gasteiger partial charge in [0.05, 0.1) is 6.04 Å². The third kappa shape index (κ3) is 4.07. The first-order valence-corrected chi connectivity index (χ1v) is 9.59. The van der Waals surface area contributed by atoms with Crippen molar-refractivity contribution in [1.29, 1.82) is 0 Å². The van der Waals surface area contributed by atoms with Crippen molar-refractivity contribution in [3.63, 3.8) is 0 Å². The van der Waals surface area contributed by atoms with Crippen LogP contribution in [0.15, 0.2) is 54.7 Å². The lowest BCUT2D eigenvalue weighted by atomic mass is 10.0. The molecule has 2 aromatic carbocycles. The highest BCUT2D eigenvalue weighted by Crippen LogP contribution is 2.32. The number of imidazole rings is 1. The maximum absolute atomic E-state index is 9.75. The molecule has 1 aliphatic heterocycles. The van der Waals surface area contributed by atoms with Gasteiger partial charge in [0, 0.05) is 37.8 Å². The van der Waals surface area contributed by atoms with Gasteiger partial charge in [-0.15, -0.1) is 0 Å². The molecule has 4 rings (SSSR count). The molecule has 3 aromatic rings. The predicted molar refractivity (Wildman–Crippen MR) is 108 cm³/mol. The molecular formula is C21H23N3O2S. The molecule has 0 aliphatic carbocycles. The van der Waals surface area contributed by atoms with E-state index in [0.29, 0.717) is 11.4 Å². The summed E-state index contributed by atoms with van der Waals surface area (Å²) >= 11 is 5.52. The first kappa shape index (κ1) is 17.8. The van der Waals surface area contributed by atoms with Crippen LogP contribution in [0.25, 0.3) is 0 Å². The van der Waals surface area contributed by atoms with Gasteiger partial charge in [0.2, 0.25) is 0 Å². The van der Waals surface area contributed by atoms with E-state index >= 15 is 0 Å². The van der Waals surface area contributed by atoms with Gasteiger partial charge in [0.1, 0.15) is 18.1 Å². The van der Waals surface area contributed by atoms with E-state index in [9.17, 15) is 5.11 Å². The van der Waals surface area contributed by atoms with Gasteiger partial charge in [0.15, 0.2) is 4.77 Å². The molecule has 1 aromatic heterocycles. The SMILES string of the molecule is Oc1ccc2c(c1)C[C@@H](n1c(CCNCc3ccccc3)c[nH]c1=S)CO2. The second-order valence-electron chi connectivity index (χ2n) is 6.83. The van der Waals surface area contributed by atoms with Crippen molar-refractivity contribution in [3.8, 4) is 11.5 Å². The molecule has 140 valence electrons. The Balaban J connectivity index is 1.42. The number of hydrogen-bond acceptors (Lipinski definition) is 4. The van der Waals surface area contributed by atoms with Crippen LogP contribution in [-0.4, -0.2) is 27.8 Å². The number of ether oxygens (including phenoxy) is 1. The molecule has 0 saturated carbocycles. The fourth-order valence-corrected chi connectivity index (χ4v) is 3.91. The highest BCUT2D eigenvalue weighted by molar-refractivity contribution is 7.71. The van der Waals surface area contributed by atoms with Gasteiger partial charge in [-0.2, -0.15) is 0 Å². The third-order valence-electron chi connectivity index (χ3n) is 4.92. The van der Waals surface area contributed by atoms with Crippen LogP contribution in [0.2, 0.25) is 0 Å². The Bertz CT molecular complexity index is 965. The molecule has 1 aliphatic rings. The number of nitrogens with zero attached hydrogens (tertiary/aromatic N) is 1. The standard InChI is InChI=1S/C21H23N3O2S/c25-19-6-7-20-16(11-19)10-18(14-26-20)24-17(13-23-21(24)27)8-9-22-12-15-4-2-1-3-5-15/h1-7,11,13,18,22,25H,8-10,12,14H2,(H,23,27)/t18-/m1/s1. The van der Waals surface area contributed by atoms with Crippen molar-refractivity contribution in [2.45, 2.75) is 25.4 Å². The maximum Gasteiger partial charge on any atom is 0.177 e. The van der Waals surface area contributed by atoms with Crippen LogP contribution in [0, 0.1) is 4.77 Å². The molecule has 0 radical (unpaired) electrons. The van der Waals surface area contributed by atoms with E-state index in [1.165, 1.54) is 5.56 Å². The Morgan fingerprint density at radius 1 is 1.22 bits per heavy atom. The summed E-state index contributed by atoms with van der Waals surface area (Å²) in [5.41, 5.74) is 3.46. The number of phenolic OH excluding ortho intramolecular Hbond substituents is 1. The first-order valence-electron chi connectivity index (χ1n) is 9.19. The molecule has 0 fully saturated rings. The van der Waals surface area contributed by atoms with Crippen LogP contribution in [-0.2, 0) is 19.4 Å². The minimum atomic E-state index is 0.127. The van der Waals surface area contributed by atoms with Gasteiger partial charge < -0.3 is 24.7 Å². The van der Waals surface area contributed by atoms with E-state index in [1.54, 1.807) is 12.1 Å². The number of benzene rings is 2. The summed E-state index contributed by atoms with van der Waals surface area (Å²) in [5, 5.41) is 13.2. The fraction of sp³-hybridized carbons (Fsp3) is 0.286. The summed E-state index contributed by atoms with van der Waals surface area (Å²) in [4.78, 5) is 3.17. The quantitative estimate of drug-likeness (QED) is 0.449. The van der Waals surface area contributed by atoms with E-state index in [2.05, 4.69) is 39.1 Å². The molecule has 5 nitrogen and oxygen atoms in total. The average molecular weight is 382 g/mol. The number of aromatic nitrogens is 2. The molecule has 3 N–H and O–H groups in total. The summed E-state index contributed by atoms with van der Waals surface area (Å²) in [6, 6.07) is 15.8. The zero-order chi connectivity index (χ0) is 18.6. The molecule has 0 unspecified atom stereocenters. The van der Waals surface area contributed by atoms with Crippen molar-refractivity contribution in [1.82, 2.24) is 14.9 Å². The summed E-state index contributed by atoms with van der Waals surface area (Å²) in [5.74, 6) is 1.11. The molecule has 27 heavy (non-hydrogen) atoms. The average Bonchev–Trinajstić information content (AvgIpc) is 3.06. The van der Waals surface area contributed by atoms with Crippen molar-refractivity contribution >= 4 is 12.2 Å². The molecule has 0 saturated heterocycles. The zero-order valence-electron chi connectivity index (χ0n) is 15.0. The number of nitrogens with one attached hydrogen (secondary N) is 2. The maximum atomic E-state index is 9.75. The summed E-state index contributed by atoms with van der Waals surface area (Å²) in [6.07, 6.45) is 3.66. The van der Waals surface area contributed by atoms with Crippen LogP contribution in [0.3, 0.4) is 0 Å². The van der Waals surface area contributed by atoms with E-state index in [4.69, 9.17) is 17.0 Å². The third-order valence-corrected chi connectivity index (χ3v) is 5.23. The minimum Gasteiger partial charge on any atom is -0.508 e. The molecule has 0 spiro atoms. The van der Waals surface area contributed by atoms with Crippen LogP contribution < -0.4 is 10.1 Å². The second kappa shape index (κ2) is 7.98. The lowest BCUT2D eigenvalue weighted by Crippen LogP contribution is -2.27. The van der Waals surface area contributed by atoms with Crippen molar-refractivity contribution in [2.75, 3.05) is 13.2 Å². The van der Waals surface area contributed by atoms with E-state index < -0.39 is 0 Å². The van der Waals surface area contributed by atoms with Gasteiger partial charge in [0.25, 0.3) is 0 Å². The van der Waals surface area contributed by atoms with Crippen LogP contribution in [0.4, 0.5) is 0 Å². The number of aromatic hydroxyl groups is 1. The molecular weight excluding hydrogens is 358 g/mol. The van der Waals surface area contributed by atoms with E-state index in [-0.39, 0.29) is 11.8 Å². The monoisotopic (exact) mass is 381 g/mol. The number of aromatic amines is 1. The lowest BCUT2D eigenvalue weighted by molar-refractivity contribution is 0.220. The van der Waals surface area contributed by atoms with Crippen molar-refractivity contribution in [3.05, 3.63) is 76.3 Å². The molecule has 0 bridgehead atoms. The molecule has 2 heterocycles. The molecule has 1 atom stereocenters. The number of phenols is 1. The van der Waals surface area contributed by atoms with Gasteiger partial charge in [-0.1, -0.05) is 30.3 Å². The number of rotatable bonds is 6. The topological polar surface area (TPSA) is 62.2 Å². The zero-order valence-corrected chi connectivity index (χ0v) is 15.8. The number of H-pyrrole nitrogens is 1. The van der Waals surface area contributed by atoms with Gasteiger partial charge >= 0.3 is 0 Å². The number of fused-ring (bicyclic) bond motifs is 1. The summed E-state index contributed by atoms with van der Waals surface area (Å²) < 4.78 is 8.77. The van der Waals surface area contributed by atoms with Crippen LogP contribution in [0.1, 0.15) is 22.9 Å². The normalized spacial score (nSPS) is 15.9. The largest absolute Gasteiger partial charge is 0.508 e. The van der Waals surface area contributed by atoms with Crippen molar-refractivity contribution in [2.24, 2.45) is 0 Å². The first-order chi connectivity index (χ1) is 13.2. The van der Waals surface area contributed by atoms with E-state index in [0.717, 1.165) is 42.9 Å². The Hall–Kier alpha value is -2.57. The van der Waals surface area contributed by atoms with Crippen LogP contribution in [0.5, 0.6) is 11.5 Å². The molecule has 0 amide bonds. The van der Waals surface area contributed by atoms with Crippen molar-refractivity contribution < 1.29 is 9.84 Å². The highest BCUT2D eigenvalue weighted by atomic mass is 32.1. The molecule has 6 heteroatoms.